The zero-order chi connectivity index (χ0) is 7.56. The fourth-order valence-corrected chi connectivity index (χ4v) is 1.34. The Hall–Kier alpha value is -0.325. The summed E-state index contributed by atoms with van der Waals surface area (Å²) >= 11 is 0. The van der Waals surface area contributed by atoms with Gasteiger partial charge in [0.25, 0.3) is 0 Å². The third-order valence-corrected chi connectivity index (χ3v) is 2.19. The Morgan fingerprint density at radius 3 is 2.50 bits per heavy atom. The van der Waals surface area contributed by atoms with Crippen molar-refractivity contribution in [2.45, 2.75) is 26.7 Å². The van der Waals surface area contributed by atoms with Gasteiger partial charge in [0.05, 0.1) is 0 Å². The number of allylic oxidation sites excluding steroid dienone is 2. The molecule has 0 saturated carbocycles. The van der Waals surface area contributed by atoms with Gasteiger partial charge in [-0.2, -0.15) is 0 Å². The van der Waals surface area contributed by atoms with E-state index in [9.17, 15) is 0 Å². The van der Waals surface area contributed by atoms with Crippen LogP contribution in [0.25, 0.3) is 0 Å². The van der Waals surface area contributed by atoms with Crippen molar-refractivity contribution < 1.29 is 0 Å². The molecule has 1 radical (unpaired) electrons. The molecule has 1 aliphatic rings. The zero-order valence-electron chi connectivity index (χ0n) is 6.80. The third kappa shape index (κ3) is 1.83. The van der Waals surface area contributed by atoms with Crippen molar-refractivity contribution in [3.8, 4) is 0 Å². The van der Waals surface area contributed by atoms with Crippen LogP contribution in [-0.4, -0.2) is 13.0 Å². The van der Waals surface area contributed by atoms with Crippen LogP contribution in [0.3, 0.4) is 0 Å². The van der Waals surface area contributed by atoms with Gasteiger partial charge < -0.3 is 0 Å². The van der Waals surface area contributed by atoms with Crippen LogP contribution in [0.2, 0.25) is 0 Å². The van der Waals surface area contributed by atoms with Gasteiger partial charge in [-0.15, -0.1) is 0 Å². The summed E-state index contributed by atoms with van der Waals surface area (Å²) in [5, 5.41) is 0. The zero-order valence-corrected chi connectivity index (χ0v) is 6.80. The van der Waals surface area contributed by atoms with E-state index in [1.807, 2.05) is 6.92 Å². The second-order valence-electron chi connectivity index (χ2n) is 3.29. The molecule has 0 aliphatic heterocycles. The molecule has 0 heterocycles. The Morgan fingerprint density at radius 2 is 2.10 bits per heavy atom. The molecule has 1 rings (SSSR count). The van der Waals surface area contributed by atoms with Gasteiger partial charge in [-0.1, -0.05) is 0 Å². The molecule has 1 aliphatic carbocycles. The van der Waals surface area contributed by atoms with Gasteiger partial charge in [-0.25, -0.2) is 0 Å². The summed E-state index contributed by atoms with van der Waals surface area (Å²) in [4.78, 5) is 0. The normalized spacial score (nSPS) is 32.1. The van der Waals surface area contributed by atoms with Gasteiger partial charge in [-0.05, 0) is 0 Å². The Labute approximate surface area is 64.4 Å². The Kier molecular flexibility index (Phi) is 2.47. The maximum absolute atomic E-state index is 5.68. The van der Waals surface area contributed by atoms with Crippen molar-refractivity contribution in [2.75, 3.05) is 0 Å². The molecule has 0 saturated heterocycles. The van der Waals surface area contributed by atoms with Crippen LogP contribution in [0.15, 0.2) is 12.2 Å². The van der Waals surface area contributed by atoms with Gasteiger partial charge in [0.1, 0.15) is 0 Å². The van der Waals surface area contributed by atoms with Crippen molar-refractivity contribution in [2.24, 2.45) is 11.8 Å². The van der Waals surface area contributed by atoms with Crippen LogP contribution in [0, 0.1) is 11.8 Å². The first-order valence-electron chi connectivity index (χ1n) is 3.97. The molecule has 0 fully saturated rings. The summed E-state index contributed by atoms with van der Waals surface area (Å²) < 4.78 is 0. The van der Waals surface area contributed by atoms with E-state index >= 15 is 0 Å². The summed E-state index contributed by atoms with van der Waals surface area (Å²) in [6, 6.07) is 0. The van der Waals surface area contributed by atoms with Crippen molar-refractivity contribution in [3.63, 3.8) is 0 Å². The van der Waals surface area contributed by atoms with Crippen LogP contribution in [-0.2, 0) is 0 Å². The van der Waals surface area contributed by atoms with Gasteiger partial charge in [0.15, 0.2) is 0 Å². The SMILES string of the molecule is [B]=C(C)C1C=CC(C)CC1. The summed E-state index contributed by atoms with van der Waals surface area (Å²) in [5.41, 5.74) is 1.06. The molecule has 2 atom stereocenters. The molecule has 0 aromatic rings. The van der Waals surface area contributed by atoms with Crippen molar-refractivity contribution in [1.82, 2.24) is 0 Å². The topological polar surface area (TPSA) is 0 Å². The Morgan fingerprint density at radius 1 is 1.40 bits per heavy atom. The minimum absolute atomic E-state index is 0.552. The van der Waals surface area contributed by atoms with Crippen LogP contribution < -0.4 is 0 Å². The molecule has 0 aromatic heterocycles. The average Bonchev–Trinajstić information content (AvgIpc) is 1.88. The van der Waals surface area contributed by atoms with E-state index in [0.29, 0.717) is 5.92 Å². The van der Waals surface area contributed by atoms with E-state index in [1.165, 1.54) is 12.8 Å². The fourth-order valence-electron chi connectivity index (χ4n) is 1.34. The predicted octanol–water partition coefficient (Wildman–Crippen LogP) is 1.95. The number of hydrogen-bond donors (Lipinski definition) is 0. The first-order chi connectivity index (χ1) is 4.70. The molecular weight excluding hydrogens is 119 g/mol. The summed E-state index contributed by atoms with van der Waals surface area (Å²) in [5.74, 6) is 1.31. The summed E-state index contributed by atoms with van der Waals surface area (Å²) in [7, 11) is 5.68. The van der Waals surface area contributed by atoms with Crippen molar-refractivity contribution in [3.05, 3.63) is 12.2 Å². The first-order valence-corrected chi connectivity index (χ1v) is 3.97. The number of rotatable bonds is 1. The predicted molar refractivity (Wildman–Crippen MR) is 47.5 cm³/mol. The van der Waals surface area contributed by atoms with E-state index in [0.717, 1.165) is 11.4 Å². The molecule has 10 heavy (non-hydrogen) atoms. The fraction of sp³-hybridized carbons (Fsp3) is 0.667. The van der Waals surface area contributed by atoms with Gasteiger partial charge >= 0.3 is 63.6 Å². The van der Waals surface area contributed by atoms with Crippen LogP contribution >= 0.6 is 0 Å². The van der Waals surface area contributed by atoms with Crippen LogP contribution in [0.1, 0.15) is 26.7 Å². The van der Waals surface area contributed by atoms with Gasteiger partial charge in [-0.3, -0.25) is 0 Å². The average molecular weight is 133 g/mol. The summed E-state index contributed by atoms with van der Waals surface area (Å²) in [6.07, 6.45) is 7.03. The Balaban J connectivity index is 2.53. The monoisotopic (exact) mass is 133 g/mol. The van der Waals surface area contributed by atoms with Crippen LogP contribution in [0.5, 0.6) is 0 Å². The molecule has 0 amide bonds. The standard InChI is InChI=1S/C9H14B/c1-7-3-5-9(6-4-7)8(2)10/h3,5,7,9H,4,6H2,1-2H3. The quantitative estimate of drug-likeness (QED) is 0.378. The van der Waals surface area contributed by atoms with Crippen LogP contribution in [0.4, 0.5) is 0 Å². The molecule has 0 nitrogen and oxygen atoms in total. The third-order valence-electron chi connectivity index (χ3n) is 2.19. The summed E-state index contributed by atoms with van der Waals surface area (Å²) in [6.45, 7) is 4.25. The molecule has 53 valence electrons. The van der Waals surface area contributed by atoms with E-state index in [2.05, 4.69) is 19.1 Å². The van der Waals surface area contributed by atoms with Gasteiger partial charge in [0, 0.05) is 0 Å². The molecule has 0 aromatic carbocycles. The van der Waals surface area contributed by atoms with Crippen molar-refractivity contribution >= 4 is 13.0 Å². The molecular formula is C9H14B. The molecule has 0 N–H and O–H groups in total. The van der Waals surface area contributed by atoms with E-state index < -0.39 is 0 Å². The van der Waals surface area contributed by atoms with E-state index in [4.69, 9.17) is 7.49 Å². The minimum atomic E-state index is 0.552. The second kappa shape index (κ2) is 3.18. The van der Waals surface area contributed by atoms with Gasteiger partial charge in [0.2, 0.25) is 0 Å². The molecule has 0 bridgehead atoms. The Bertz CT molecular complexity index is 158. The van der Waals surface area contributed by atoms with E-state index in [-0.39, 0.29) is 0 Å². The first kappa shape index (κ1) is 7.78. The second-order valence-corrected chi connectivity index (χ2v) is 3.29. The molecule has 1 heteroatoms. The van der Waals surface area contributed by atoms with Crippen molar-refractivity contribution in [1.29, 1.82) is 0 Å². The molecule has 0 spiro atoms. The number of hydrogen-bond acceptors (Lipinski definition) is 0. The maximum atomic E-state index is 5.68. The van der Waals surface area contributed by atoms with E-state index in [1.54, 1.807) is 0 Å². The molecule has 2 unspecified atom stereocenters.